The van der Waals surface area contributed by atoms with E-state index in [1.807, 2.05) is 6.07 Å². The van der Waals surface area contributed by atoms with Gasteiger partial charge in [-0.3, -0.25) is 19.6 Å². The van der Waals surface area contributed by atoms with E-state index in [1.165, 1.54) is 18.3 Å². The summed E-state index contributed by atoms with van der Waals surface area (Å²) in [6, 6.07) is 8.15. The normalized spacial score (nSPS) is 15.9. The Labute approximate surface area is 184 Å². The minimum absolute atomic E-state index is 0.0407. The highest BCUT2D eigenvalue weighted by Crippen LogP contribution is 2.28. The quantitative estimate of drug-likeness (QED) is 0.469. The summed E-state index contributed by atoms with van der Waals surface area (Å²) in [5.41, 5.74) is 20.2. The Morgan fingerprint density at radius 2 is 1.97 bits per heavy atom. The van der Waals surface area contributed by atoms with Crippen molar-refractivity contribution >= 4 is 28.9 Å². The van der Waals surface area contributed by atoms with Crippen LogP contribution in [0, 0.1) is 0 Å². The van der Waals surface area contributed by atoms with Crippen molar-refractivity contribution in [3.8, 4) is 11.4 Å². The number of hydrogen-bond donors (Lipinski definition) is 4. The van der Waals surface area contributed by atoms with Gasteiger partial charge in [0.25, 0.3) is 5.91 Å². The lowest BCUT2D eigenvalue weighted by Crippen LogP contribution is -2.43. The van der Waals surface area contributed by atoms with Crippen molar-refractivity contribution in [2.24, 2.45) is 11.5 Å². The molecule has 0 unspecified atom stereocenters. The summed E-state index contributed by atoms with van der Waals surface area (Å²) in [5, 5.41) is 2.87. The minimum Gasteiger partial charge on any atom is -0.397 e. The SMILES string of the molecule is NC(=O)c1ccnc(-c2ccc(N)c(C(=O)Nc3cnccc3N3CCC[C@H](N)C3)n2)c1. The van der Waals surface area contributed by atoms with E-state index in [1.54, 1.807) is 24.5 Å². The molecule has 0 saturated carbocycles. The summed E-state index contributed by atoms with van der Waals surface area (Å²) < 4.78 is 0. The van der Waals surface area contributed by atoms with Crippen molar-refractivity contribution in [2.75, 3.05) is 29.0 Å². The summed E-state index contributed by atoms with van der Waals surface area (Å²) in [4.78, 5) is 39.4. The van der Waals surface area contributed by atoms with Gasteiger partial charge in [-0.2, -0.15) is 0 Å². The molecule has 0 radical (unpaired) electrons. The molecule has 3 aromatic rings. The van der Waals surface area contributed by atoms with Crippen molar-refractivity contribution in [1.82, 2.24) is 15.0 Å². The fraction of sp³-hybridized carbons (Fsp3) is 0.227. The Morgan fingerprint density at radius 1 is 1.12 bits per heavy atom. The van der Waals surface area contributed by atoms with Gasteiger partial charge in [-0.15, -0.1) is 0 Å². The molecule has 7 N–H and O–H groups in total. The summed E-state index contributed by atoms with van der Waals surface area (Å²) in [5.74, 6) is -1.06. The van der Waals surface area contributed by atoms with Gasteiger partial charge in [0.1, 0.15) is 0 Å². The molecule has 164 valence electrons. The molecule has 10 heteroatoms. The van der Waals surface area contributed by atoms with Crippen LogP contribution in [0.2, 0.25) is 0 Å². The molecule has 32 heavy (non-hydrogen) atoms. The lowest BCUT2D eigenvalue weighted by molar-refractivity contribution is 0.0997. The van der Waals surface area contributed by atoms with Crippen molar-refractivity contribution < 1.29 is 9.59 Å². The van der Waals surface area contributed by atoms with Gasteiger partial charge in [0, 0.05) is 37.1 Å². The van der Waals surface area contributed by atoms with Gasteiger partial charge in [-0.1, -0.05) is 0 Å². The Morgan fingerprint density at radius 3 is 2.75 bits per heavy atom. The van der Waals surface area contributed by atoms with Crippen LogP contribution in [0.5, 0.6) is 0 Å². The predicted octanol–water partition coefficient (Wildman–Crippen LogP) is 1.40. The van der Waals surface area contributed by atoms with E-state index in [0.29, 0.717) is 29.2 Å². The molecule has 1 atom stereocenters. The molecular formula is C22H24N8O2. The third-order valence-corrected chi connectivity index (χ3v) is 5.29. The highest BCUT2D eigenvalue weighted by atomic mass is 16.2. The number of hydrogen-bond acceptors (Lipinski definition) is 8. The maximum atomic E-state index is 13.1. The summed E-state index contributed by atoms with van der Waals surface area (Å²) in [6.07, 6.45) is 6.67. The van der Waals surface area contributed by atoms with Crippen LogP contribution in [0.15, 0.2) is 48.9 Å². The molecular weight excluding hydrogens is 408 g/mol. The largest absolute Gasteiger partial charge is 0.397 e. The van der Waals surface area contributed by atoms with Gasteiger partial charge in [0.05, 0.1) is 34.6 Å². The Balaban J connectivity index is 1.62. The van der Waals surface area contributed by atoms with Gasteiger partial charge in [0.2, 0.25) is 5.91 Å². The summed E-state index contributed by atoms with van der Waals surface area (Å²) >= 11 is 0. The third-order valence-electron chi connectivity index (χ3n) is 5.29. The Bertz CT molecular complexity index is 1170. The molecule has 4 rings (SSSR count). The number of nitrogens with zero attached hydrogens (tertiary/aromatic N) is 4. The van der Waals surface area contributed by atoms with E-state index in [-0.39, 0.29) is 17.4 Å². The van der Waals surface area contributed by atoms with Crippen molar-refractivity contribution in [3.05, 3.63) is 60.2 Å². The first-order valence-electron chi connectivity index (χ1n) is 10.2. The van der Waals surface area contributed by atoms with Gasteiger partial charge in [-0.25, -0.2) is 4.98 Å². The van der Waals surface area contributed by atoms with Gasteiger partial charge >= 0.3 is 0 Å². The second kappa shape index (κ2) is 8.98. The van der Waals surface area contributed by atoms with Crippen LogP contribution in [-0.4, -0.2) is 45.9 Å². The topological polar surface area (TPSA) is 166 Å². The molecule has 1 saturated heterocycles. The average molecular weight is 432 g/mol. The third kappa shape index (κ3) is 4.49. The van der Waals surface area contributed by atoms with Crippen LogP contribution in [0.4, 0.5) is 17.1 Å². The van der Waals surface area contributed by atoms with Crippen molar-refractivity contribution in [3.63, 3.8) is 0 Å². The van der Waals surface area contributed by atoms with E-state index in [4.69, 9.17) is 17.2 Å². The molecule has 1 fully saturated rings. The fourth-order valence-corrected chi connectivity index (χ4v) is 3.69. The minimum atomic E-state index is -0.580. The molecule has 3 aromatic heterocycles. The van der Waals surface area contributed by atoms with Crippen LogP contribution in [0.25, 0.3) is 11.4 Å². The van der Waals surface area contributed by atoms with Crippen LogP contribution in [-0.2, 0) is 0 Å². The highest BCUT2D eigenvalue weighted by molar-refractivity contribution is 6.08. The number of primary amides is 1. The number of nitrogens with one attached hydrogen (secondary N) is 1. The van der Waals surface area contributed by atoms with Crippen LogP contribution < -0.4 is 27.4 Å². The van der Waals surface area contributed by atoms with E-state index in [0.717, 1.165) is 25.1 Å². The number of pyridine rings is 3. The number of anilines is 3. The summed E-state index contributed by atoms with van der Waals surface area (Å²) in [7, 11) is 0. The number of aromatic nitrogens is 3. The first-order chi connectivity index (χ1) is 15.4. The number of amides is 2. The molecule has 0 spiro atoms. The van der Waals surface area contributed by atoms with Gasteiger partial charge in [0.15, 0.2) is 5.69 Å². The molecule has 1 aliphatic rings. The first kappa shape index (κ1) is 21.2. The number of nitrogen functional groups attached to an aromatic ring is 1. The smallest absolute Gasteiger partial charge is 0.276 e. The monoisotopic (exact) mass is 432 g/mol. The van der Waals surface area contributed by atoms with Crippen LogP contribution >= 0.6 is 0 Å². The standard InChI is InChI=1S/C22H24N8O2/c23-14-2-1-9-30(12-14)19-6-7-26-11-18(19)29-22(32)20-15(24)3-4-16(28-20)17-10-13(21(25)31)5-8-27-17/h3-8,10-11,14H,1-2,9,12,23-24H2,(H2,25,31)(H,29,32)/t14-/m0/s1. The zero-order chi connectivity index (χ0) is 22.7. The summed E-state index contributed by atoms with van der Waals surface area (Å²) in [6.45, 7) is 1.54. The van der Waals surface area contributed by atoms with E-state index < -0.39 is 11.8 Å². The van der Waals surface area contributed by atoms with Crippen molar-refractivity contribution in [2.45, 2.75) is 18.9 Å². The number of carbonyl (C=O) groups excluding carboxylic acids is 2. The molecule has 0 aliphatic carbocycles. The Kier molecular flexibility index (Phi) is 5.95. The predicted molar refractivity (Wildman–Crippen MR) is 122 cm³/mol. The number of nitrogens with two attached hydrogens (primary N) is 3. The molecule has 0 bridgehead atoms. The molecule has 1 aliphatic heterocycles. The zero-order valence-electron chi connectivity index (χ0n) is 17.4. The lowest BCUT2D eigenvalue weighted by atomic mass is 10.1. The molecule has 10 nitrogen and oxygen atoms in total. The Hall–Kier alpha value is -4.05. The van der Waals surface area contributed by atoms with Gasteiger partial charge in [-0.05, 0) is 43.2 Å². The number of carbonyl (C=O) groups is 2. The maximum Gasteiger partial charge on any atom is 0.276 e. The maximum absolute atomic E-state index is 13.1. The number of rotatable bonds is 5. The van der Waals surface area contributed by atoms with E-state index >= 15 is 0 Å². The average Bonchev–Trinajstić information content (AvgIpc) is 2.79. The van der Waals surface area contributed by atoms with Gasteiger partial charge < -0.3 is 27.4 Å². The number of piperidine rings is 1. The second-order valence-electron chi connectivity index (χ2n) is 7.62. The zero-order valence-corrected chi connectivity index (χ0v) is 17.4. The molecule has 2 amide bonds. The van der Waals surface area contributed by atoms with E-state index in [2.05, 4.69) is 25.2 Å². The second-order valence-corrected chi connectivity index (χ2v) is 7.62. The van der Waals surface area contributed by atoms with E-state index in [9.17, 15) is 9.59 Å². The van der Waals surface area contributed by atoms with Crippen LogP contribution in [0.1, 0.15) is 33.7 Å². The van der Waals surface area contributed by atoms with Crippen molar-refractivity contribution in [1.29, 1.82) is 0 Å². The fourth-order valence-electron chi connectivity index (χ4n) is 3.69. The first-order valence-corrected chi connectivity index (χ1v) is 10.2. The molecule has 4 heterocycles. The van der Waals surface area contributed by atoms with Crippen LogP contribution in [0.3, 0.4) is 0 Å². The lowest BCUT2D eigenvalue weighted by Gasteiger charge is -2.33. The highest BCUT2D eigenvalue weighted by Gasteiger charge is 2.21. The molecule has 0 aromatic carbocycles.